The number of hydrogen-bond donors (Lipinski definition) is 1. The number of alkyl halides is 2. The highest BCUT2D eigenvalue weighted by molar-refractivity contribution is 9.10. The minimum absolute atomic E-state index is 0.148. The molecule has 1 aromatic rings. The predicted molar refractivity (Wildman–Crippen MR) is 145 cm³/mol. The smallest absolute Gasteiger partial charge is 0.322 e. The summed E-state index contributed by atoms with van der Waals surface area (Å²) in [5.74, 6) is -4.01. The van der Waals surface area contributed by atoms with Crippen molar-refractivity contribution in [2.45, 2.75) is 60.6 Å². The standard InChI is InChI=1S/C27H31Br2NO9/c1-15(31)27-17(38-16-9-7-6-8-10-16)13-26(39-27,14-37-23(35)25(4,5)29)18-19(27)21(33)30(20(18)32)11-12-36-22(34)24(2,3)28/h6-10,13,15,18-19,31H,11-12,14H2,1-5H3. The molecule has 3 aliphatic heterocycles. The van der Waals surface area contributed by atoms with Gasteiger partial charge in [0.2, 0.25) is 11.8 Å². The summed E-state index contributed by atoms with van der Waals surface area (Å²) < 4.78 is 21.4. The first kappa shape index (κ1) is 29.7. The number of amides is 2. The lowest BCUT2D eigenvalue weighted by Gasteiger charge is -2.35. The Morgan fingerprint density at radius 1 is 1.03 bits per heavy atom. The summed E-state index contributed by atoms with van der Waals surface area (Å²) in [4.78, 5) is 53.3. The predicted octanol–water partition coefficient (Wildman–Crippen LogP) is 2.89. The molecular weight excluding hydrogens is 642 g/mol. The molecule has 0 aromatic heterocycles. The van der Waals surface area contributed by atoms with E-state index < -0.39 is 68.2 Å². The van der Waals surface area contributed by atoms with Gasteiger partial charge in [0.15, 0.2) is 5.60 Å². The number of esters is 2. The molecule has 5 unspecified atom stereocenters. The fourth-order valence-corrected chi connectivity index (χ4v) is 5.39. The van der Waals surface area contributed by atoms with Gasteiger partial charge in [0, 0.05) is 0 Å². The Balaban J connectivity index is 1.69. The monoisotopic (exact) mass is 671 g/mol. The van der Waals surface area contributed by atoms with Crippen LogP contribution in [0.1, 0.15) is 34.6 Å². The van der Waals surface area contributed by atoms with Gasteiger partial charge in [-0.05, 0) is 52.8 Å². The molecule has 0 radical (unpaired) electrons. The fourth-order valence-electron chi connectivity index (χ4n) is 5.16. The number of halogens is 2. The summed E-state index contributed by atoms with van der Waals surface area (Å²) in [5.41, 5.74) is -3.29. The molecule has 0 aliphatic carbocycles. The van der Waals surface area contributed by atoms with Crippen LogP contribution in [0.25, 0.3) is 0 Å². The Bertz CT molecular complexity index is 1200. The molecule has 0 saturated carbocycles. The number of imide groups is 1. The number of likely N-dealkylation sites (tertiary alicyclic amines) is 1. The van der Waals surface area contributed by atoms with Gasteiger partial charge in [-0.1, -0.05) is 50.1 Å². The number of fused-ring (bicyclic) bond motifs is 5. The van der Waals surface area contributed by atoms with E-state index in [2.05, 4.69) is 31.9 Å². The number of ether oxygens (including phenoxy) is 4. The number of hydrogen-bond acceptors (Lipinski definition) is 9. The van der Waals surface area contributed by atoms with Crippen LogP contribution < -0.4 is 4.74 Å². The zero-order valence-corrected chi connectivity index (χ0v) is 25.4. The van der Waals surface area contributed by atoms with Crippen LogP contribution in [-0.2, 0) is 33.4 Å². The minimum Gasteiger partial charge on any atom is -0.463 e. The summed E-state index contributed by atoms with van der Waals surface area (Å²) in [6, 6.07) is 8.74. The summed E-state index contributed by atoms with van der Waals surface area (Å²) >= 11 is 6.48. The van der Waals surface area contributed by atoms with Gasteiger partial charge in [0.25, 0.3) is 0 Å². The van der Waals surface area contributed by atoms with E-state index in [1.54, 1.807) is 52.0 Å². The molecule has 1 N–H and O–H groups in total. The molecule has 2 saturated heterocycles. The summed E-state index contributed by atoms with van der Waals surface area (Å²) in [6.07, 6.45) is 0.251. The molecule has 2 bridgehead atoms. The highest BCUT2D eigenvalue weighted by Gasteiger charge is 2.78. The Morgan fingerprint density at radius 2 is 1.59 bits per heavy atom. The highest BCUT2D eigenvalue weighted by atomic mass is 79.9. The first-order valence-electron chi connectivity index (χ1n) is 12.5. The number of carbonyl (C=O) groups is 4. The van der Waals surface area contributed by atoms with Crippen molar-refractivity contribution in [3.05, 3.63) is 42.2 Å². The largest absolute Gasteiger partial charge is 0.463 e. The second-order valence-electron chi connectivity index (χ2n) is 10.9. The third kappa shape index (κ3) is 5.16. The summed E-state index contributed by atoms with van der Waals surface area (Å²) in [5, 5.41) is 11.1. The maximum absolute atomic E-state index is 13.8. The molecule has 3 aliphatic rings. The van der Waals surface area contributed by atoms with Gasteiger partial charge in [-0.3, -0.25) is 24.1 Å². The van der Waals surface area contributed by atoms with Crippen LogP contribution >= 0.6 is 31.9 Å². The second-order valence-corrected chi connectivity index (χ2v) is 14.9. The molecule has 0 spiro atoms. The van der Waals surface area contributed by atoms with Crippen molar-refractivity contribution in [3.8, 4) is 5.75 Å². The number of rotatable bonds is 10. The molecule has 10 nitrogen and oxygen atoms in total. The van der Waals surface area contributed by atoms with E-state index >= 15 is 0 Å². The Morgan fingerprint density at radius 3 is 2.15 bits per heavy atom. The lowest BCUT2D eigenvalue weighted by molar-refractivity contribution is -0.172. The normalized spacial score (nSPS) is 28.7. The van der Waals surface area contributed by atoms with Crippen LogP contribution in [0.3, 0.4) is 0 Å². The lowest BCUT2D eigenvalue weighted by atomic mass is 9.69. The number of aliphatic hydroxyl groups is 1. The van der Waals surface area contributed by atoms with Crippen molar-refractivity contribution in [2.75, 3.05) is 19.8 Å². The topological polar surface area (TPSA) is 129 Å². The molecule has 2 amide bonds. The molecule has 4 rings (SSSR count). The fraction of sp³-hybridized carbons (Fsp3) is 0.556. The third-order valence-corrected chi connectivity index (χ3v) is 7.69. The maximum atomic E-state index is 13.8. The van der Waals surface area contributed by atoms with E-state index in [0.717, 1.165) is 4.90 Å². The quantitative estimate of drug-likeness (QED) is 0.227. The molecule has 212 valence electrons. The van der Waals surface area contributed by atoms with Gasteiger partial charge in [0.05, 0.1) is 24.5 Å². The number of aliphatic hydroxyl groups excluding tert-OH is 1. The molecular formula is C27H31Br2NO9. The molecule has 5 atom stereocenters. The maximum Gasteiger partial charge on any atom is 0.322 e. The van der Waals surface area contributed by atoms with Crippen LogP contribution in [0.15, 0.2) is 42.2 Å². The molecule has 39 heavy (non-hydrogen) atoms. The SMILES string of the molecule is CC(O)C12OC(COC(=O)C(C)(C)Br)(C=C1Oc1ccccc1)C1C(=O)N(CCOC(=O)C(C)(C)Br)C(=O)C12. The van der Waals surface area contributed by atoms with Gasteiger partial charge >= 0.3 is 11.9 Å². The molecule has 3 heterocycles. The van der Waals surface area contributed by atoms with E-state index in [0.29, 0.717) is 5.75 Å². The van der Waals surface area contributed by atoms with Crippen molar-refractivity contribution >= 4 is 55.6 Å². The Hall–Kier alpha value is -2.28. The Labute approximate surface area is 243 Å². The zero-order chi connectivity index (χ0) is 29.0. The average Bonchev–Trinajstić information content (AvgIpc) is 3.42. The first-order valence-corrected chi connectivity index (χ1v) is 14.0. The third-order valence-electron chi connectivity index (χ3n) is 7.04. The summed E-state index contributed by atoms with van der Waals surface area (Å²) in [6.45, 7) is 7.12. The van der Waals surface area contributed by atoms with Gasteiger partial charge in [0.1, 0.15) is 39.0 Å². The molecule has 2 fully saturated rings. The van der Waals surface area contributed by atoms with Gasteiger partial charge in [-0.25, -0.2) is 0 Å². The van der Waals surface area contributed by atoms with E-state index in [1.807, 2.05) is 6.07 Å². The number of para-hydroxylation sites is 1. The van der Waals surface area contributed by atoms with Crippen LogP contribution in [-0.4, -0.2) is 79.5 Å². The van der Waals surface area contributed by atoms with Gasteiger partial charge in [-0.15, -0.1) is 0 Å². The van der Waals surface area contributed by atoms with E-state index in [4.69, 9.17) is 18.9 Å². The second kappa shape index (κ2) is 10.3. The van der Waals surface area contributed by atoms with Crippen molar-refractivity contribution in [1.82, 2.24) is 4.90 Å². The number of benzene rings is 1. The van der Waals surface area contributed by atoms with Crippen LogP contribution in [0, 0.1) is 11.8 Å². The van der Waals surface area contributed by atoms with Crippen LogP contribution in [0.5, 0.6) is 5.75 Å². The minimum atomic E-state index is -1.72. The molecule has 1 aromatic carbocycles. The van der Waals surface area contributed by atoms with Crippen LogP contribution in [0.2, 0.25) is 0 Å². The highest BCUT2D eigenvalue weighted by Crippen LogP contribution is 2.61. The van der Waals surface area contributed by atoms with Gasteiger partial charge in [-0.2, -0.15) is 0 Å². The Kier molecular flexibility index (Phi) is 7.83. The summed E-state index contributed by atoms with van der Waals surface area (Å²) in [7, 11) is 0. The van der Waals surface area contributed by atoms with E-state index in [9.17, 15) is 24.3 Å². The number of nitrogens with zero attached hydrogens (tertiary/aromatic N) is 1. The van der Waals surface area contributed by atoms with Crippen molar-refractivity contribution < 1.29 is 43.2 Å². The van der Waals surface area contributed by atoms with E-state index in [1.165, 1.54) is 13.0 Å². The van der Waals surface area contributed by atoms with Crippen LogP contribution in [0.4, 0.5) is 0 Å². The lowest BCUT2D eigenvalue weighted by Crippen LogP contribution is -2.52. The average molecular weight is 673 g/mol. The zero-order valence-electron chi connectivity index (χ0n) is 22.2. The van der Waals surface area contributed by atoms with E-state index in [-0.39, 0.29) is 18.9 Å². The van der Waals surface area contributed by atoms with Crippen molar-refractivity contribution in [3.63, 3.8) is 0 Å². The first-order chi connectivity index (χ1) is 18.0. The van der Waals surface area contributed by atoms with Crippen molar-refractivity contribution in [1.29, 1.82) is 0 Å². The van der Waals surface area contributed by atoms with Crippen molar-refractivity contribution in [2.24, 2.45) is 11.8 Å². The molecule has 12 heteroatoms. The van der Waals surface area contributed by atoms with Gasteiger partial charge < -0.3 is 24.1 Å². The number of carbonyl (C=O) groups excluding carboxylic acids is 4.